The third kappa shape index (κ3) is 3.53. The summed E-state index contributed by atoms with van der Waals surface area (Å²) in [4.78, 5) is 21.6. The second-order valence-electron chi connectivity index (χ2n) is 5.80. The number of aromatic nitrogens is 2. The van der Waals surface area contributed by atoms with Gasteiger partial charge in [-0.1, -0.05) is 23.9 Å². The first-order valence-electron chi connectivity index (χ1n) is 8.05. The molecule has 1 aliphatic carbocycles. The van der Waals surface area contributed by atoms with Gasteiger partial charge < -0.3 is 10.1 Å². The average molecular weight is 343 g/mol. The number of nitrogens with one attached hydrogen (secondary N) is 1. The number of thioether (sulfide) groups is 1. The van der Waals surface area contributed by atoms with Crippen LogP contribution in [0.1, 0.15) is 30.4 Å². The van der Waals surface area contributed by atoms with E-state index in [9.17, 15) is 4.79 Å². The fraction of sp³-hybridized carbons (Fsp3) is 0.389. The number of nitrogens with zero attached hydrogens (tertiary/aromatic N) is 2. The van der Waals surface area contributed by atoms with Gasteiger partial charge in [0.05, 0.1) is 18.0 Å². The van der Waals surface area contributed by atoms with Gasteiger partial charge in [-0.05, 0) is 45.2 Å². The van der Waals surface area contributed by atoms with Crippen molar-refractivity contribution in [1.82, 2.24) is 9.97 Å². The number of carbonyl (C=O) groups is 1. The topological polar surface area (TPSA) is 64.1 Å². The van der Waals surface area contributed by atoms with Crippen LogP contribution >= 0.6 is 11.8 Å². The van der Waals surface area contributed by atoms with Crippen molar-refractivity contribution in [3.05, 3.63) is 41.3 Å². The highest BCUT2D eigenvalue weighted by Crippen LogP contribution is 2.32. The maximum Gasteiger partial charge on any atom is 0.237 e. The van der Waals surface area contributed by atoms with E-state index in [1.54, 1.807) is 7.11 Å². The van der Waals surface area contributed by atoms with Gasteiger partial charge in [-0.2, -0.15) is 0 Å². The lowest BCUT2D eigenvalue weighted by atomic mass is 10.3. The summed E-state index contributed by atoms with van der Waals surface area (Å²) in [6, 6.07) is 7.41. The van der Waals surface area contributed by atoms with Crippen molar-refractivity contribution >= 4 is 23.4 Å². The Morgan fingerprint density at radius 2 is 2.08 bits per heavy atom. The Morgan fingerprint density at radius 3 is 2.88 bits per heavy atom. The van der Waals surface area contributed by atoms with E-state index < -0.39 is 0 Å². The molecule has 1 aromatic heterocycles. The minimum absolute atomic E-state index is 0.0625. The summed E-state index contributed by atoms with van der Waals surface area (Å²) in [5.74, 6) is 1.37. The van der Waals surface area contributed by atoms with E-state index in [2.05, 4.69) is 15.3 Å². The molecule has 0 spiro atoms. The summed E-state index contributed by atoms with van der Waals surface area (Å²) in [5.41, 5.74) is 3.03. The number of para-hydroxylation sites is 2. The van der Waals surface area contributed by atoms with Crippen LogP contribution in [0, 0.1) is 6.92 Å². The Kier molecular flexibility index (Phi) is 5.04. The molecule has 24 heavy (non-hydrogen) atoms. The molecule has 1 N–H and O–H groups in total. The number of methoxy groups -OCH3 is 1. The number of rotatable bonds is 5. The summed E-state index contributed by atoms with van der Waals surface area (Å²) in [7, 11) is 1.59. The molecule has 1 aromatic carbocycles. The number of hydrogen-bond donors (Lipinski definition) is 1. The number of carbonyl (C=O) groups excluding carboxylic acids is 1. The molecule has 1 aliphatic rings. The molecular weight excluding hydrogens is 322 g/mol. The number of benzene rings is 1. The standard InChI is InChI=1S/C18H21N3O2S/c1-11(17(22)21-15-8-4-5-10-16(15)23-3)24-18-13-7-6-9-14(13)19-12(2)20-18/h4-5,8,10-11H,6-7,9H2,1-3H3,(H,21,22). The first kappa shape index (κ1) is 16.8. The Balaban J connectivity index is 1.73. The summed E-state index contributed by atoms with van der Waals surface area (Å²) in [6.07, 6.45) is 3.12. The molecule has 0 saturated carbocycles. The summed E-state index contributed by atoms with van der Waals surface area (Å²) in [6.45, 7) is 3.80. The van der Waals surface area contributed by atoms with E-state index in [0.717, 1.165) is 35.8 Å². The van der Waals surface area contributed by atoms with E-state index in [0.29, 0.717) is 11.4 Å². The Morgan fingerprint density at radius 1 is 1.29 bits per heavy atom. The number of anilines is 1. The maximum atomic E-state index is 12.5. The van der Waals surface area contributed by atoms with Crippen LogP contribution in [0.25, 0.3) is 0 Å². The van der Waals surface area contributed by atoms with Crippen LogP contribution in [0.2, 0.25) is 0 Å². The second kappa shape index (κ2) is 7.21. The van der Waals surface area contributed by atoms with Crippen LogP contribution in [0.15, 0.2) is 29.3 Å². The van der Waals surface area contributed by atoms with Crippen LogP contribution in [0.5, 0.6) is 5.75 Å². The average Bonchev–Trinajstić information content (AvgIpc) is 3.03. The molecule has 126 valence electrons. The van der Waals surface area contributed by atoms with E-state index in [1.807, 2.05) is 38.1 Å². The lowest BCUT2D eigenvalue weighted by Crippen LogP contribution is -2.23. The highest BCUT2D eigenvalue weighted by Gasteiger charge is 2.23. The highest BCUT2D eigenvalue weighted by molar-refractivity contribution is 8.00. The second-order valence-corrected chi connectivity index (χ2v) is 7.13. The van der Waals surface area contributed by atoms with Crippen molar-refractivity contribution in [3.8, 4) is 5.75 Å². The van der Waals surface area contributed by atoms with E-state index in [4.69, 9.17) is 4.74 Å². The van der Waals surface area contributed by atoms with Crippen LogP contribution in [0.3, 0.4) is 0 Å². The van der Waals surface area contributed by atoms with Crippen molar-refractivity contribution in [2.24, 2.45) is 0 Å². The Labute approximate surface area is 146 Å². The number of amides is 1. The third-order valence-corrected chi connectivity index (χ3v) is 5.16. The van der Waals surface area contributed by atoms with Gasteiger partial charge in [0.15, 0.2) is 0 Å². The quantitative estimate of drug-likeness (QED) is 0.666. The zero-order chi connectivity index (χ0) is 17.1. The van der Waals surface area contributed by atoms with Crippen LogP contribution in [-0.4, -0.2) is 28.2 Å². The predicted molar refractivity (Wildman–Crippen MR) is 95.7 cm³/mol. The minimum atomic E-state index is -0.256. The van der Waals surface area contributed by atoms with Crippen molar-refractivity contribution in [1.29, 1.82) is 0 Å². The van der Waals surface area contributed by atoms with Gasteiger partial charge in [0.2, 0.25) is 5.91 Å². The molecule has 2 aromatic rings. The monoisotopic (exact) mass is 343 g/mol. The van der Waals surface area contributed by atoms with Gasteiger partial charge in [0.25, 0.3) is 0 Å². The van der Waals surface area contributed by atoms with Gasteiger partial charge in [-0.25, -0.2) is 9.97 Å². The molecule has 1 atom stereocenters. The van der Waals surface area contributed by atoms with Crippen molar-refractivity contribution < 1.29 is 9.53 Å². The molecule has 5 nitrogen and oxygen atoms in total. The Bertz CT molecular complexity index is 764. The highest BCUT2D eigenvalue weighted by atomic mass is 32.2. The predicted octanol–water partition coefficient (Wildman–Crippen LogP) is 3.40. The summed E-state index contributed by atoms with van der Waals surface area (Å²) in [5, 5.41) is 3.62. The molecule has 0 fully saturated rings. The van der Waals surface area contributed by atoms with Gasteiger partial charge in [0, 0.05) is 11.3 Å². The van der Waals surface area contributed by atoms with Crippen molar-refractivity contribution in [3.63, 3.8) is 0 Å². The van der Waals surface area contributed by atoms with Crippen molar-refractivity contribution in [2.75, 3.05) is 12.4 Å². The summed E-state index contributed by atoms with van der Waals surface area (Å²) < 4.78 is 5.28. The fourth-order valence-corrected chi connectivity index (χ4v) is 3.86. The van der Waals surface area contributed by atoms with E-state index in [1.165, 1.54) is 17.3 Å². The minimum Gasteiger partial charge on any atom is -0.495 e. The molecule has 0 aliphatic heterocycles. The lowest BCUT2D eigenvalue weighted by Gasteiger charge is -2.15. The van der Waals surface area contributed by atoms with E-state index in [-0.39, 0.29) is 11.2 Å². The maximum absolute atomic E-state index is 12.5. The molecule has 0 saturated heterocycles. The first-order chi connectivity index (χ1) is 11.6. The number of aryl methyl sites for hydroxylation is 2. The first-order valence-corrected chi connectivity index (χ1v) is 8.93. The van der Waals surface area contributed by atoms with Gasteiger partial charge in [0.1, 0.15) is 16.6 Å². The van der Waals surface area contributed by atoms with Crippen LogP contribution in [-0.2, 0) is 17.6 Å². The molecule has 1 heterocycles. The van der Waals surface area contributed by atoms with Crippen LogP contribution < -0.4 is 10.1 Å². The molecule has 0 bridgehead atoms. The number of fused-ring (bicyclic) bond motifs is 1. The largest absolute Gasteiger partial charge is 0.495 e. The summed E-state index contributed by atoms with van der Waals surface area (Å²) >= 11 is 1.50. The number of hydrogen-bond acceptors (Lipinski definition) is 5. The molecule has 3 rings (SSSR count). The zero-order valence-corrected chi connectivity index (χ0v) is 14.9. The Hall–Kier alpha value is -2.08. The molecule has 0 radical (unpaired) electrons. The zero-order valence-electron chi connectivity index (χ0n) is 14.1. The molecule has 1 amide bonds. The molecule has 6 heteroatoms. The smallest absolute Gasteiger partial charge is 0.237 e. The third-order valence-electron chi connectivity index (χ3n) is 4.03. The van der Waals surface area contributed by atoms with Crippen molar-refractivity contribution in [2.45, 2.75) is 43.4 Å². The van der Waals surface area contributed by atoms with E-state index >= 15 is 0 Å². The van der Waals surface area contributed by atoms with Gasteiger partial charge in [-0.3, -0.25) is 4.79 Å². The molecular formula is C18H21N3O2S. The van der Waals surface area contributed by atoms with Gasteiger partial charge >= 0.3 is 0 Å². The van der Waals surface area contributed by atoms with Crippen LogP contribution in [0.4, 0.5) is 5.69 Å². The van der Waals surface area contributed by atoms with Gasteiger partial charge in [-0.15, -0.1) is 0 Å². The number of ether oxygens (including phenoxy) is 1. The normalized spacial score (nSPS) is 14.1. The molecule has 1 unspecified atom stereocenters. The fourth-order valence-electron chi connectivity index (χ4n) is 2.82. The lowest BCUT2D eigenvalue weighted by molar-refractivity contribution is -0.115. The SMILES string of the molecule is COc1ccccc1NC(=O)C(C)Sc1nc(C)nc2c1CCC2.